The molecule has 0 heterocycles. The van der Waals surface area contributed by atoms with E-state index in [1.165, 1.54) is 12.1 Å². The molecule has 0 bridgehead atoms. The number of halogens is 1. The average molecular weight is 286 g/mol. The predicted octanol–water partition coefficient (Wildman–Crippen LogP) is 3.63. The van der Waals surface area contributed by atoms with Crippen molar-refractivity contribution >= 4 is 17.3 Å². The summed E-state index contributed by atoms with van der Waals surface area (Å²) in [6, 6.07) is 11.5. The van der Waals surface area contributed by atoms with Crippen LogP contribution in [0.15, 0.2) is 42.5 Å². The fourth-order valence-electron chi connectivity index (χ4n) is 2.04. The number of benzene rings is 2. The number of aryl methyl sites for hydroxylation is 1. The summed E-state index contributed by atoms with van der Waals surface area (Å²) in [4.78, 5) is 12.5. The van der Waals surface area contributed by atoms with Gasteiger partial charge in [-0.25, -0.2) is 4.39 Å². The van der Waals surface area contributed by atoms with Gasteiger partial charge in [0.2, 0.25) is 5.91 Å². The van der Waals surface area contributed by atoms with Gasteiger partial charge in [0.1, 0.15) is 5.82 Å². The van der Waals surface area contributed by atoms with Gasteiger partial charge >= 0.3 is 0 Å². The number of rotatable bonds is 3. The van der Waals surface area contributed by atoms with Crippen molar-refractivity contribution in [2.24, 2.45) is 0 Å². The zero-order chi connectivity index (χ0) is 15.6. The van der Waals surface area contributed by atoms with Crippen LogP contribution >= 0.6 is 0 Å². The fourth-order valence-corrected chi connectivity index (χ4v) is 2.04. The van der Waals surface area contributed by atoms with Crippen LogP contribution < -0.4 is 11.1 Å². The predicted molar refractivity (Wildman–Crippen MR) is 83.6 cm³/mol. The number of nitrogen functional groups attached to an aromatic ring is 1. The molecule has 0 unspecified atom stereocenters. The minimum atomic E-state index is -0.744. The van der Waals surface area contributed by atoms with Crippen molar-refractivity contribution in [1.82, 2.24) is 0 Å². The molecule has 3 N–H and O–H groups in total. The van der Waals surface area contributed by atoms with E-state index in [1.807, 2.05) is 32.9 Å². The molecule has 0 aliphatic heterocycles. The van der Waals surface area contributed by atoms with E-state index in [0.29, 0.717) is 11.4 Å². The number of hydrogen-bond donors (Lipinski definition) is 2. The Bertz CT molecular complexity index is 663. The summed E-state index contributed by atoms with van der Waals surface area (Å²) in [6.45, 7) is 5.47. The van der Waals surface area contributed by atoms with E-state index in [0.717, 1.165) is 11.1 Å². The molecule has 2 aromatic carbocycles. The molecule has 0 saturated heterocycles. The second kappa shape index (κ2) is 5.56. The van der Waals surface area contributed by atoms with Crippen LogP contribution in [0.25, 0.3) is 0 Å². The van der Waals surface area contributed by atoms with Gasteiger partial charge in [0.15, 0.2) is 0 Å². The first-order chi connectivity index (χ1) is 9.80. The highest BCUT2D eigenvalue weighted by Gasteiger charge is 2.30. The van der Waals surface area contributed by atoms with Crippen molar-refractivity contribution in [3.8, 4) is 0 Å². The maximum absolute atomic E-state index is 13.3. The molecule has 4 heteroatoms. The van der Waals surface area contributed by atoms with Crippen molar-refractivity contribution in [2.45, 2.75) is 26.2 Å². The Labute approximate surface area is 124 Å². The molecule has 0 radical (unpaired) electrons. The Kier molecular flexibility index (Phi) is 3.98. The summed E-state index contributed by atoms with van der Waals surface area (Å²) >= 11 is 0. The normalized spacial score (nSPS) is 11.2. The van der Waals surface area contributed by atoms with E-state index in [-0.39, 0.29) is 11.7 Å². The van der Waals surface area contributed by atoms with Crippen molar-refractivity contribution < 1.29 is 9.18 Å². The lowest BCUT2D eigenvalue weighted by atomic mass is 9.83. The van der Waals surface area contributed by atoms with Gasteiger partial charge < -0.3 is 11.1 Å². The summed E-state index contributed by atoms with van der Waals surface area (Å²) < 4.78 is 13.3. The minimum Gasteiger partial charge on any atom is -0.399 e. The summed E-state index contributed by atoms with van der Waals surface area (Å²) in [6.07, 6.45) is 0. The van der Waals surface area contributed by atoms with Crippen LogP contribution in [0.3, 0.4) is 0 Å². The van der Waals surface area contributed by atoms with Gasteiger partial charge in [0.25, 0.3) is 0 Å². The Morgan fingerprint density at radius 2 is 1.76 bits per heavy atom. The second-order valence-corrected chi connectivity index (χ2v) is 5.66. The first kappa shape index (κ1) is 15.0. The van der Waals surface area contributed by atoms with E-state index in [4.69, 9.17) is 5.73 Å². The van der Waals surface area contributed by atoms with Crippen molar-refractivity contribution in [2.75, 3.05) is 11.1 Å². The van der Waals surface area contributed by atoms with Crippen molar-refractivity contribution in [1.29, 1.82) is 0 Å². The molecule has 0 fully saturated rings. The molecule has 0 atom stereocenters. The molecule has 0 aromatic heterocycles. The average Bonchev–Trinajstić information content (AvgIpc) is 2.43. The van der Waals surface area contributed by atoms with Crippen LogP contribution in [0.4, 0.5) is 15.8 Å². The maximum atomic E-state index is 13.3. The second-order valence-electron chi connectivity index (χ2n) is 5.66. The summed E-state index contributed by atoms with van der Waals surface area (Å²) in [5, 5.41) is 2.79. The van der Waals surface area contributed by atoms with E-state index in [9.17, 15) is 9.18 Å². The number of nitrogens with two attached hydrogens (primary N) is 1. The minimum absolute atomic E-state index is 0.194. The Balaban J connectivity index is 2.26. The highest BCUT2D eigenvalue weighted by molar-refractivity contribution is 5.99. The Hall–Kier alpha value is -2.36. The quantitative estimate of drug-likeness (QED) is 0.846. The zero-order valence-electron chi connectivity index (χ0n) is 12.4. The largest absolute Gasteiger partial charge is 0.399 e. The molecule has 0 saturated carbocycles. The first-order valence-electron chi connectivity index (χ1n) is 6.74. The third-order valence-electron chi connectivity index (χ3n) is 3.65. The van der Waals surface area contributed by atoms with Crippen molar-refractivity contribution in [3.05, 3.63) is 59.4 Å². The van der Waals surface area contributed by atoms with Crippen LogP contribution in [-0.2, 0) is 10.2 Å². The molecule has 3 nitrogen and oxygen atoms in total. The molecule has 2 rings (SSSR count). The van der Waals surface area contributed by atoms with Crippen LogP contribution in [0.1, 0.15) is 25.0 Å². The third kappa shape index (κ3) is 3.21. The number of carbonyl (C=O) groups excluding carboxylic acids is 1. The zero-order valence-corrected chi connectivity index (χ0v) is 12.4. The lowest BCUT2D eigenvalue weighted by Crippen LogP contribution is -2.35. The van der Waals surface area contributed by atoms with Crippen LogP contribution in [0, 0.1) is 12.7 Å². The van der Waals surface area contributed by atoms with E-state index >= 15 is 0 Å². The molecular formula is C17H19FN2O. The van der Waals surface area contributed by atoms with Crippen molar-refractivity contribution in [3.63, 3.8) is 0 Å². The van der Waals surface area contributed by atoms with Crippen LogP contribution in [0.5, 0.6) is 0 Å². The van der Waals surface area contributed by atoms with Gasteiger partial charge in [-0.05, 0) is 56.2 Å². The molecule has 0 aliphatic rings. The molecule has 21 heavy (non-hydrogen) atoms. The fraction of sp³-hybridized carbons (Fsp3) is 0.235. The van der Waals surface area contributed by atoms with Gasteiger partial charge in [-0.2, -0.15) is 0 Å². The monoisotopic (exact) mass is 286 g/mol. The lowest BCUT2D eigenvalue weighted by Gasteiger charge is -2.25. The van der Waals surface area contributed by atoms with Gasteiger partial charge in [-0.3, -0.25) is 4.79 Å². The standard InChI is InChI=1S/C17H19FN2O/c1-11-4-7-13(18)10-15(11)20-16(21)17(2,3)12-5-8-14(19)9-6-12/h4-10H,19H2,1-3H3,(H,20,21). The number of hydrogen-bond acceptors (Lipinski definition) is 2. The van der Waals surface area contributed by atoms with Crippen LogP contribution in [0.2, 0.25) is 0 Å². The topological polar surface area (TPSA) is 55.1 Å². The summed E-state index contributed by atoms with van der Waals surface area (Å²) in [7, 11) is 0. The number of nitrogens with one attached hydrogen (secondary N) is 1. The Morgan fingerprint density at radius 3 is 2.38 bits per heavy atom. The third-order valence-corrected chi connectivity index (χ3v) is 3.65. The molecule has 0 spiro atoms. The smallest absolute Gasteiger partial charge is 0.234 e. The Morgan fingerprint density at radius 1 is 1.14 bits per heavy atom. The number of carbonyl (C=O) groups is 1. The van der Waals surface area contributed by atoms with Gasteiger partial charge in [-0.15, -0.1) is 0 Å². The van der Waals surface area contributed by atoms with Gasteiger partial charge in [0, 0.05) is 11.4 Å². The van der Waals surface area contributed by atoms with E-state index < -0.39 is 5.41 Å². The maximum Gasteiger partial charge on any atom is 0.234 e. The summed E-state index contributed by atoms with van der Waals surface area (Å²) in [5.74, 6) is -0.567. The number of amides is 1. The van der Waals surface area contributed by atoms with E-state index in [1.54, 1.807) is 18.2 Å². The van der Waals surface area contributed by atoms with Gasteiger partial charge in [0.05, 0.1) is 5.41 Å². The van der Waals surface area contributed by atoms with Crippen LogP contribution in [-0.4, -0.2) is 5.91 Å². The molecule has 1 amide bonds. The molecular weight excluding hydrogens is 267 g/mol. The highest BCUT2D eigenvalue weighted by Crippen LogP contribution is 2.27. The first-order valence-corrected chi connectivity index (χ1v) is 6.74. The highest BCUT2D eigenvalue weighted by atomic mass is 19.1. The van der Waals surface area contributed by atoms with E-state index in [2.05, 4.69) is 5.32 Å². The lowest BCUT2D eigenvalue weighted by molar-refractivity contribution is -0.120. The number of anilines is 2. The summed E-state index contributed by atoms with van der Waals surface area (Å²) in [5.41, 5.74) is 7.73. The van der Waals surface area contributed by atoms with Gasteiger partial charge in [-0.1, -0.05) is 18.2 Å². The molecule has 110 valence electrons. The molecule has 0 aliphatic carbocycles. The molecule has 2 aromatic rings. The SMILES string of the molecule is Cc1ccc(F)cc1NC(=O)C(C)(C)c1ccc(N)cc1.